The van der Waals surface area contributed by atoms with Crippen molar-refractivity contribution < 1.29 is 19.8 Å². The first-order valence-corrected chi connectivity index (χ1v) is 7.33. The number of hydrogen-bond donors (Lipinski definition) is 3. The summed E-state index contributed by atoms with van der Waals surface area (Å²) in [5.74, 6) is -0.871. The van der Waals surface area contributed by atoms with Crippen LogP contribution in [0, 0.1) is 0 Å². The van der Waals surface area contributed by atoms with E-state index < -0.39 is 17.1 Å². The molecule has 1 atom stereocenters. The van der Waals surface area contributed by atoms with Gasteiger partial charge in [0.15, 0.2) is 0 Å². The molecule has 3 N–H and O–H groups in total. The van der Waals surface area contributed by atoms with Crippen LogP contribution in [0.15, 0.2) is 0 Å². The van der Waals surface area contributed by atoms with Crippen LogP contribution in [0.3, 0.4) is 0 Å². The molecule has 0 aromatic heterocycles. The van der Waals surface area contributed by atoms with E-state index in [-0.39, 0.29) is 12.5 Å². The van der Waals surface area contributed by atoms with Gasteiger partial charge < -0.3 is 20.4 Å². The van der Waals surface area contributed by atoms with E-state index in [0.717, 1.165) is 25.7 Å². The number of likely N-dealkylation sites (tertiary alicyclic amines) is 1. The SMILES string of the molecule is CC1(O)CCCN(C(=O)NC2(CC(=O)O)CCC2)CC1. The average molecular weight is 284 g/mol. The van der Waals surface area contributed by atoms with Crippen LogP contribution >= 0.6 is 0 Å². The molecular formula is C14H24N2O4. The van der Waals surface area contributed by atoms with Crippen molar-refractivity contribution in [2.45, 2.75) is 63.0 Å². The second kappa shape index (κ2) is 5.60. The minimum atomic E-state index is -0.871. The summed E-state index contributed by atoms with van der Waals surface area (Å²) in [6.45, 7) is 2.93. The fourth-order valence-corrected chi connectivity index (χ4v) is 3.01. The molecule has 2 aliphatic rings. The van der Waals surface area contributed by atoms with Crippen LogP contribution in [-0.2, 0) is 4.79 Å². The Labute approximate surface area is 119 Å². The summed E-state index contributed by atoms with van der Waals surface area (Å²) in [7, 11) is 0. The number of nitrogens with zero attached hydrogens (tertiary/aromatic N) is 1. The molecule has 2 fully saturated rings. The molecule has 0 aromatic carbocycles. The lowest BCUT2D eigenvalue weighted by Crippen LogP contribution is -2.58. The highest BCUT2D eigenvalue weighted by Gasteiger charge is 2.41. The van der Waals surface area contributed by atoms with E-state index in [2.05, 4.69) is 5.32 Å². The van der Waals surface area contributed by atoms with Crippen LogP contribution < -0.4 is 5.32 Å². The standard InChI is InChI=1S/C14H24N2O4/c1-13(20)4-3-8-16(9-7-13)12(19)15-14(5-2-6-14)10-11(17)18/h20H,2-10H2,1H3,(H,15,19)(H,17,18). The first kappa shape index (κ1) is 15.1. The second-order valence-electron chi connectivity index (χ2n) is 6.47. The van der Waals surface area contributed by atoms with Gasteiger partial charge in [0.1, 0.15) is 0 Å². The molecule has 1 heterocycles. The number of carbonyl (C=O) groups is 2. The molecule has 114 valence electrons. The third-order valence-electron chi connectivity index (χ3n) is 4.52. The summed E-state index contributed by atoms with van der Waals surface area (Å²) in [5.41, 5.74) is -1.26. The molecule has 2 amide bonds. The maximum Gasteiger partial charge on any atom is 0.317 e. The summed E-state index contributed by atoms with van der Waals surface area (Å²) >= 11 is 0. The zero-order valence-electron chi connectivity index (χ0n) is 12.0. The minimum absolute atomic E-state index is 0.00963. The Balaban J connectivity index is 1.92. The zero-order chi connectivity index (χ0) is 14.8. The Morgan fingerprint density at radius 2 is 1.85 bits per heavy atom. The Morgan fingerprint density at radius 3 is 2.40 bits per heavy atom. The maximum absolute atomic E-state index is 12.3. The predicted molar refractivity (Wildman–Crippen MR) is 73.4 cm³/mol. The highest BCUT2D eigenvalue weighted by molar-refractivity contribution is 5.77. The third-order valence-corrected chi connectivity index (χ3v) is 4.52. The Kier molecular flexibility index (Phi) is 4.22. The average Bonchev–Trinajstić information content (AvgIpc) is 2.46. The molecule has 1 aliphatic heterocycles. The van der Waals surface area contributed by atoms with Crippen molar-refractivity contribution in [2.75, 3.05) is 13.1 Å². The molecule has 1 saturated heterocycles. The molecule has 1 aliphatic carbocycles. The van der Waals surface area contributed by atoms with E-state index in [1.165, 1.54) is 0 Å². The number of amides is 2. The predicted octanol–water partition coefficient (Wildman–Crippen LogP) is 1.33. The fraction of sp³-hybridized carbons (Fsp3) is 0.857. The highest BCUT2D eigenvalue weighted by Crippen LogP contribution is 2.35. The Morgan fingerprint density at radius 1 is 1.15 bits per heavy atom. The number of hydrogen-bond acceptors (Lipinski definition) is 3. The van der Waals surface area contributed by atoms with Crippen molar-refractivity contribution in [3.05, 3.63) is 0 Å². The highest BCUT2D eigenvalue weighted by atomic mass is 16.4. The Bertz CT molecular complexity index is 391. The number of nitrogens with one attached hydrogen (secondary N) is 1. The van der Waals surface area contributed by atoms with Gasteiger partial charge in [-0.2, -0.15) is 0 Å². The van der Waals surface area contributed by atoms with Gasteiger partial charge >= 0.3 is 12.0 Å². The van der Waals surface area contributed by atoms with Crippen LogP contribution in [0.2, 0.25) is 0 Å². The smallest absolute Gasteiger partial charge is 0.317 e. The fourth-order valence-electron chi connectivity index (χ4n) is 3.01. The number of carboxylic acid groups (broad SMARTS) is 1. The third kappa shape index (κ3) is 3.62. The number of rotatable bonds is 3. The second-order valence-corrected chi connectivity index (χ2v) is 6.47. The van der Waals surface area contributed by atoms with Gasteiger partial charge in [0.25, 0.3) is 0 Å². The van der Waals surface area contributed by atoms with Crippen molar-refractivity contribution in [3.63, 3.8) is 0 Å². The molecule has 2 rings (SSSR count). The van der Waals surface area contributed by atoms with Gasteiger partial charge in [-0.1, -0.05) is 0 Å². The van der Waals surface area contributed by atoms with Crippen LogP contribution in [0.4, 0.5) is 4.79 Å². The summed E-state index contributed by atoms with van der Waals surface area (Å²) in [5, 5.41) is 21.9. The van der Waals surface area contributed by atoms with E-state index in [9.17, 15) is 14.7 Å². The van der Waals surface area contributed by atoms with Gasteiger partial charge in [-0.25, -0.2) is 4.79 Å². The van der Waals surface area contributed by atoms with Gasteiger partial charge in [0.2, 0.25) is 0 Å². The van der Waals surface area contributed by atoms with Gasteiger partial charge in [0.05, 0.1) is 17.6 Å². The van der Waals surface area contributed by atoms with Crippen LogP contribution in [0.5, 0.6) is 0 Å². The molecule has 6 nitrogen and oxygen atoms in total. The van der Waals surface area contributed by atoms with E-state index in [1.54, 1.807) is 11.8 Å². The van der Waals surface area contributed by atoms with E-state index >= 15 is 0 Å². The largest absolute Gasteiger partial charge is 0.481 e. The van der Waals surface area contributed by atoms with Crippen molar-refractivity contribution in [1.29, 1.82) is 0 Å². The zero-order valence-corrected chi connectivity index (χ0v) is 12.0. The van der Waals surface area contributed by atoms with E-state index in [1.807, 2.05) is 0 Å². The maximum atomic E-state index is 12.3. The van der Waals surface area contributed by atoms with Crippen molar-refractivity contribution >= 4 is 12.0 Å². The molecular weight excluding hydrogens is 260 g/mol. The lowest BCUT2D eigenvalue weighted by molar-refractivity contribution is -0.139. The molecule has 0 bridgehead atoms. The van der Waals surface area contributed by atoms with Crippen molar-refractivity contribution in [1.82, 2.24) is 10.2 Å². The van der Waals surface area contributed by atoms with Crippen LogP contribution in [0.25, 0.3) is 0 Å². The number of aliphatic carboxylic acids is 1. The number of urea groups is 1. The van der Waals surface area contributed by atoms with E-state index in [0.29, 0.717) is 25.9 Å². The molecule has 1 saturated carbocycles. The minimum Gasteiger partial charge on any atom is -0.481 e. The summed E-state index contributed by atoms with van der Waals surface area (Å²) < 4.78 is 0. The van der Waals surface area contributed by atoms with Gasteiger partial charge in [0, 0.05) is 13.1 Å². The summed E-state index contributed by atoms with van der Waals surface area (Å²) in [4.78, 5) is 24.9. The monoisotopic (exact) mass is 284 g/mol. The number of carboxylic acids is 1. The lowest BCUT2D eigenvalue weighted by Gasteiger charge is -2.42. The van der Waals surface area contributed by atoms with Gasteiger partial charge in [-0.15, -0.1) is 0 Å². The number of carbonyl (C=O) groups excluding carboxylic acids is 1. The molecule has 0 spiro atoms. The summed E-state index contributed by atoms with van der Waals surface area (Å²) in [6, 6.07) is -0.191. The molecule has 0 aromatic rings. The first-order valence-electron chi connectivity index (χ1n) is 7.33. The molecule has 6 heteroatoms. The van der Waals surface area contributed by atoms with Crippen LogP contribution in [0.1, 0.15) is 51.9 Å². The van der Waals surface area contributed by atoms with Crippen molar-refractivity contribution in [3.8, 4) is 0 Å². The quantitative estimate of drug-likeness (QED) is 0.729. The molecule has 0 radical (unpaired) electrons. The first-order chi connectivity index (χ1) is 9.32. The van der Waals surface area contributed by atoms with E-state index in [4.69, 9.17) is 5.11 Å². The normalized spacial score (nSPS) is 29.2. The van der Waals surface area contributed by atoms with Crippen molar-refractivity contribution in [2.24, 2.45) is 0 Å². The molecule has 20 heavy (non-hydrogen) atoms. The Hall–Kier alpha value is -1.30. The molecule has 1 unspecified atom stereocenters. The van der Waals surface area contributed by atoms with Gasteiger partial charge in [-0.3, -0.25) is 4.79 Å². The lowest BCUT2D eigenvalue weighted by atomic mass is 9.74. The topological polar surface area (TPSA) is 89.9 Å². The van der Waals surface area contributed by atoms with Gasteiger partial charge in [-0.05, 0) is 45.4 Å². The number of aliphatic hydroxyl groups is 1. The summed E-state index contributed by atoms with van der Waals surface area (Å²) in [6.07, 6.45) is 4.44. The van der Waals surface area contributed by atoms with Crippen LogP contribution in [-0.4, -0.2) is 51.3 Å².